The van der Waals surface area contributed by atoms with E-state index in [-0.39, 0.29) is 18.4 Å². The molecule has 5 heteroatoms. The molecule has 0 amide bonds. The van der Waals surface area contributed by atoms with E-state index in [0.717, 1.165) is 32.0 Å². The van der Waals surface area contributed by atoms with Crippen LogP contribution in [0.4, 0.5) is 0 Å². The second-order valence-corrected chi connectivity index (χ2v) is 6.19. The monoisotopic (exact) mass is 270 g/mol. The van der Waals surface area contributed by atoms with Gasteiger partial charge in [0.25, 0.3) is 0 Å². The summed E-state index contributed by atoms with van der Waals surface area (Å²) in [6, 6.07) is 0.391. The highest BCUT2D eigenvalue weighted by Gasteiger charge is 2.31. The third-order valence-electron chi connectivity index (χ3n) is 4.27. The first kappa shape index (κ1) is 14.8. The number of rotatable bonds is 7. The van der Waals surface area contributed by atoms with Crippen LogP contribution in [0.25, 0.3) is 0 Å². The van der Waals surface area contributed by atoms with E-state index in [1.165, 1.54) is 12.8 Å². The van der Waals surface area contributed by atoms with Crippen LogP contribution in [-0.4, -0.2) is 59.4 Å². The number of nitrogens with one attached hydrogen (secondary N) is 1. The molecule has 19 heavy (non-hydrogen) atoms. The molecule has 0 aromatic rings. The van der Waals surface area contributed by atoms with Crippen molar-refractivity contribution in [2.24, 2.45) is 11.8 Å². The summed E-state index contributed by atoms with van der Waals surface area (Å²) in [5, 5.41) is 22.2. The second kappa shape index (κ2) is 6.68. The molecule has 5 nitrogen and oxygen atoms in total. The number of carboxylic acid groups (broad SMARTS) is 1. The van der Waals surface area contributed by atoms with Gasteiger partial charge in [-0.1, -0.05) is 0 Å². The van der Waals surface area contributed by atoms with Gasteiger partial charge in [-0.15, -0.1) is 0 Å². The summed E-state index contributed by atoms with van der Waals surface area (Å²) >= 11 is 0. The van der Waals surface area contributed by atoms with Gasteiger partial charge < -0.3 is 20.4 Å². The van der Waals surface area contributed by atoms with Gasteiger partial charge in [0.05, 0.1) is 12.5 Å². The SMILES string of the molecule is CC(O)C1CC(NCC2CC2)CN(CCC(=O)O)C1. The molecule has 1 saturated heterocycles. The minimum atomic E-state index is -0.748. The highest BCUT2D eigenvalue weighted by atomic mass is 16.4. The van der Waals surface area contributed by atoms with E-state index in [0.29, 0.717) is 12.6 Å². The van der Waals surface area contributed by atoms with Gasteiger partial charge in [0.2, 0.25) is 0 Å². The van der Waals surface area contributed by atoms with Crippen LogP contribution in [0.1, 0.15) is 32.6 Å². The fourth-order valence-electron chi connectivity index (χ4n) is 2.82. The average molecular weight is 270 g/mol. The number of nitrogens with zero attached hydrogens (tertiary/aromatic N) is 1. The number of aliphatic hydroxyl groups is 1. The Labute approximate surface area is 115 Å². The van der Waals surface area contributed by atoms with E-state index in [9.17, 15) is 9.90 Å². The molecule has 0 aromatic carbocycles. The van der Waals surface area contributed by atoms with Crippen molar-refractivity contribution in [2.75, 3.05) is 26.2 Å². The van der Waals surface area contributed by atoms with Crippen LogP contribution in [0.5, 0.6) is 0 Å². The van der Waals surface area contributed by atoms with Crippen molar-refractivity contribution in [3.63, 3.8) is 0 Å². The van der Waals surface area contributed by atoms with Gasteiger partial charge in [0, 0.05) is 25.7 Å². The lowest BCUT2D eigenvalue weighted by molar-refractivity contribution is -0.137. The first-order valence-corrected chi connectivity index (χ1v) is 7.40. The Hall–Kier alpha value is -0.650. The number of aliphatic carboxylic acids is 1. The quantitative estimate of drug-likeness (QED) is 0.629. The maximum Gasteiger partial charge on any atom is 0.304 e. The van der Waals surface area contributed by atoms with Crippen molar-refractivity contribution in [1.29, 1.82) is 0 Å². The zero-order chi connectivity index (χ0) is 13.8. The molecule has 0 aromatic heterocycles. The highest BCUT2D eigenvalue weighted by Crippen LogP contribution is 2.28. The van der Waals surface area contributed by atoms with Crippen LogP contribution in [0.15, 0.2) is 0 Å². The Morgan fingerprint density at radius 1 is 1.42 bits per heavy atom. The zero-order valence-corrected chi connectivity index (χ0v) is 11.7. The van der Waals surface area contributed by atoms with Crippen LogP contribution in [0.3, 0.4) is 0 Å². The van der Waals surface area contributed by atoms with Gasteiger partial charge in [-0.25, -0.2) is 0 Å². The predicted molar refractivity (Wildman–Crippen MR) is 73.0 cm³/mol. The fourth-order valence-corrected chi connectivity index (χ4v) is 2.82. The Kier molecular flexibility index (Phi) is 5.19. The van der Waals surface area contributed by atoms with Crippen molar-refractivity contribution in [1.82, 2.24) is 10.2 Å². The van der Waals surface area contributed by atoms with Gasteiger partial charge in [0.1, 0.15) is 0 Å². The standard InChI is InChI=1S/C14H26N2O3/c1-10(17)12-6-13(15-7-11-2-3-11)9-16(8-12)5-4-14(18)19/h10-13,15,17H,2-9H2,1H3,(H,18,19). The molecule has 1 aliphatic carbocycles. The maximum absolute atomic E-state index is 10.7. The van der Waals surface area contributed by atoms with Crippen molar-refractivity contribution >= 4 is 5.97 Å². The minimum Gasteiger partial charge on any atom is -0.481 e. The summed E-state index contributed by atoms with van der Waals surface area (Å²) in [5.41, 5.74) is 0. The van der Waals surface area contributed by atoms with Gasteiger partial charge in [0.15, 0.2) is 0 Å². The third-order valence-corrected chi connectivity index (χ3v) is 4.27. The van der Waals surface area contributed by atoms with E-state index in [2.05, 4.69) is 10.2 Å². The largest absolute Gasteiger partial charge is 0.481 e. The van der Waals surface area contributed by atoms with Crippen LogP contribution < -0.4 is 5.32 Å². The Morgan fingerprint density at radius 3 is 2.74 bits per heavy atom. The van der Waals surface area contributed by atoms with Crippen molar-refractivity contribution in [3.05, 3.63) is 0 Å². The highest BCUT2D eigenvalue weighted by molar-refractivity contribution is 5.66. The number of aliphatic hydroxyl groups excluding tert-OH is 1. The molecule has 1 heterocycles. The lowest BCUT2D eigenvalue weighted by Crippen LogP contribution is -2.52. The first-order valence-electron chi connectivity index (χ1n) is 7.40. The zero-order valence-electron chi connectivity index (χ0n) is 11.7. The molecular formula is C14H26N2O3. The molecule has 1 saturated carbocycles. The molecule has 3 unspecified atom stereocenters. The van der Waals surface area contributed by atoms with Crippen LogP contribution in [0, 0.1) is 11.8 Å². The van der Waals surface area contributed by atoms with Crippen molar-refractivity contribution in [2.45, 2.75) is 44.8 Å². The molecule has 110 valence electrons. The maximum atomic E-state index is 10.7. The van der Waals surface area contributed by atoms with Gasteiger partial charge in [-0.05, 0) is 44.6 Å². The van der Waals surface area contributed by atoms with Crippen LogP contribution >= 0.6 is 0 Å². The van der Waals surface area contributed by atoms with Gasteiger partial charge >= 0.3 is 5.97 Å². The lowest BCUT2D eigenvalue weighted by Gasteiger charge is -2.39. The Balaban J connectivity index is 1.81. The summed E-state index contributed by atoms with van der Waals surface area (Å²) in [6.07, 6.45) is 3.53. The number of carboxylic acids is 1. The van der Waals surface area contributed by atoms with E-state index in [1.807, 2.05) is 6.92 Å². The van der Waals surface area contributed by atoms with Crippen molar-refractivity contribution < 1.29 is 15.0 Å². The number of hydrogen-bond acceptors (Lipinski definition) is 4. The summed E-state index contributed by atoms with van der Waals surface area (Å²) < 4.78 is 0. The number of carbonyl (C=O) groups is 1. The van der Waals surface area contributed by atoms with E-state index in [4.69, 9.17) is 5.11 Å². The minimum absolute atomic E-state index is 0.182. The normalized spacial score (nSPS) is 30.2. The number of likely N-dealkylation sites (tertiary alicyclic amines) is 1. The Morgan fingerprint density at radius 2 is 2.16 bits per heavy atom. The van der Waals surface area contributed by atoms with Gasteiger partial charge in [-0.3, -0.25) is 4.79 Å². The molecular weight excluding hydrogens is 244 g/mol. The molecule has 3 N–H and O–H groups in total. The number of hydrogen-bond donors (Lipinski definition) is 3. The second-order valence-electron chi connectivity index (χ2n) is 6.19. The predicted octanol–water partition coefficient (Wildman–Crippen LogP) is 0.532. The molecule has 0 spiro atoms. The topological polar surface area (TPSA) is 72.8 Å². The van der Waals surface area contributed by atoms with E-state index in [1.54, 1.807) is 0 Å². The molecule has 0 bridgehead atoms. The van der Waals surface area contributed by atoms with Crippen molar-refractivity contribution in [3.8, 4) is 0 Å². The summed E-state index contributed by atoms with van der Waals surface area (Å²) in [7, 11) is 0. The van der Waals surface area contributed by atoms with E-state index >= 15 is 0 Å². The smallest absolute Gasteiger partial charge is 0.304 e. The van der Waals surface area contributed by atoms with Crippen LogP contribution in [-0.2, 0) is 4.79 Å². The molecule has 3 atom stereocenters. The summed E-state index contributed by atoms with van der Waals surface area (Å²) in [4.78, 5) is 12.9. The lowest BCUT2D eigenvalue weighted by atomic mass is 9.90. The molecule has 1 aliphatic heterocycles. The van der Waals surface area contributed by atoms with Crippen LogP contribution in [0.2, 0.25) is 0 Å². The number of piperidine rings is 1. The fraction of sp³-hybridized carbons (Fsp3) is 0.929. The summed E-state index contributed by atoms with van der Waals surface area (Å²) in [5.74, 6) is 0.348. The Bertz CT molecular complexity index is 305. The van der Waals surface area contributed by atoms with Gasteiger partial charge in [-0.2, -0.15) is 0 Å². The van der Waals surface area contributed by atoms with E-state index < -0.39 is 5.97 Å². The third kappa shape index (κ3) is 5.09. The molecule has 2 aliphatic rings. The average Bonchev–Trinajstić information content (AvgIpc) is 3.17. The molecule has 0 radical (unpaired) electrons. The summed E-state index contributed by atoms with van der Waals surface area (Å²) in [6.45, 7) is 5.21. The first-order chi connectivity index (χ1) is 9.04. The molecule has 2 rings (SSSR count). The molecule has 2 fully saturated rings.